The summed E-state index contributed by atoms with van der Waals surface area (Å²) in [5, 5.41) is 14.0. The second-order valence-electron chi connectivity index (χ2n) is 11.6. The van der Waals surface area contributed by atoms with Crippen molar-refractivity contribution in [3.8, 4) is 5.75 Å². The van der Waals surface area contributed by atoms with Gasteiger partial charge in [-0.25, -0.2) is 9.38 Å². The summed E-state index contributed by atoms with van der Waals surface area (Å²) >= 11 is 0.535. The maximum absolute atomic E-state index is 13.9. The molecule has 268 valence electrons. The molecule has 2 aliphatic rings. The maximum Gasteiger partial charge on any atom is 0.419 e. The lowest BCUT2D eigenvalue weighted by atomic mass is 10.0. The van der Waals surface area contributed by atoms with Crippen LogP contribution in [0.1, 0.15) is 36.7 Å². The van der Waals surface area contributed by atoms with Gasteiger partial charge in [0.25, 0.3) is 17.7 Å². The van der Waals surface area contributed by atoms with Gasteiger partial charge in [-0.2, -0.15) is 26.3 Å². The van der Waals surface area contributed by atoms with Crippen molar-refractivity contribution in [2.75, 3.05) is 44.0 Å². The summed E-state index contributed by atoms with van der Waals surface area (Å²) in [6, 6.07) is 7.65. The summed E-state index contributed by atoms with van der Waals surface area (Å²) in [7, 11) is 1.27. The molecule has 18 heteroatoms. The number of hydrogen-bond acceptors (Lipinski definition) is 8. The van der Waals surface area contributed by atoms with Crippen LogP contribution in [-0.4, -0.2) is 73.1 Å². The normalized spacial score (nSPS) is 16.4. The first kappa shape index (κ1) is 35.6. The molecule has 3 aromatic carbocycles. The summed E-state index contributed by atoms with van der Waals surface area (Å²) in [4.78, 5) is 45.5. The van der Waals surface area contributed by atoms with E-state index in [1.807, 2.05) is 0 Å². The van der Waals surface area contributed by atoms with Gasteiger partial charge >= 0.3 is 12.4 Å². The Labute approximate surface area is 287 Å². The number of amides is 3. The quantitative estimate of drug-likeness (QED) is 0.185. The van der Waals surface area contributed by atoms with Crippen LogP contribution in [0.5, 0.6) is 5.75 Å². The first-order chi connectivity index (χ1) is 24.1. The third-order valence-electron chi connectivity index (χ3n) is 8.15. The number of thiophene rings is 1. The average Bonchev–Trinajstić information content (AvgIpc) is 3.69. The predicted octanol–water partition coefficient (Wildman–Crippen LogP) is 6.19. The topological polar surface area (TPSA) is 130 Å². The Morgan fingerprint density at radius 3 is 2.39 bits per heavy atom. The summed E-state index contributed by atoms with van der Waals surface area (Å²) in [6.07, 6.45) is -9.85. The van der Waals surface area contributed by atoms with Crippen LogP contribution in [0.4, 0.5) is 42.1 Å². The smallest absolute Gasteiger partial charge is 0.419 e. The number of aliphatic hydroxyl groups is 1. The van der Waals surface area contributed by atoms with Crippen molar-refractivity contribution in [2.45, 2.75) is 18.4 Å². The number of fused-ring (bicyclic) bond motifs is 1. The van der Waals surface area contributed by atoms with Gasteiger partial charge in [-0.05, 0) is 48.5 Å². The van der Waals surface area contributed by atoms with E-state index < -0.39 is 52.8 Å². The molecule has 0 saturated carbocycles. The number of aliphatic hydroxyl groups excluding tert-OH is 1. The lowest BCUT2D eigenvalue weighted by molar-refractivity contribution is -0.140. The van der Waals surface area contributed by atoms with Gasteiger partial charge in [0, 0.05) is 47.0 Å². The first-order valence-electron chi connectivity index (χ1n) is 15.0. The molecular formula is C33H25F7N4O6S. The molecule has 1 atom stereocenters. The molecule has 3 amide bonds. The number of nitrogens with zero attached hydrogens (tertiary/aromatic N) is 2. The van der Waals surface area contributed by atoms with Gasteiger partial charge < -0.3 is 30.1 Å². The Hall–Kier alpha value is -5.23. The zero-order valence-corrected chi connectivity index (χ0v) is 26.9. The summed E-state index contributed by atoms with van der Waals surface area (Å²) in [5.41, 5.74) is -3.30. The number of benzene rings is 3. The van der Waals surface area contributed by atoms with E-state index >= 15 is 0 Å². The zero-order valence-electron chi connectivity index (χ0n) is 26.1. The fourth-order valence-electron chi connectivity index (χ4n) is 5.50. The van der Waals surface area contributed by atoms with E-state index in [0.717, 1.165) is 24.3 Å². The monoisotopic (exact) mass is 738 g/mol. The zero-order chi connectivity index (χ0) is 36.8. The van der Waals surface area contributed by atoms with E-state index in [1.54, 1.807) is 0 Å². The van der Waals surface area contributed by atoms with Gasteiger partial charge in [0.15, 0.2) is 6.04 Å². The Bertz CT molecular complexity index is 2070. The second-order valence-corrected chi connectivity index (χ2v) is 12.6. The number of hydrogen-bond donors (Lipinski definition) is 3. The van der Waals surface area contributed by atoms with Gasteiger partial charge in [-0.3, -0.25) is 14.4 Å². The van der Waals surface area contributed by atoms with Crippen LogP contribution < -0.4 is 15.4 Å². The number of alkyl halides is 6. The second kappa shape index (κ2) is 13.5. The standard InChI is InChI=1S/C33H25F7N4O6S/c1-49-24-7-2-16(30-42-23(14-50-30)31(48)44-11-15(12-44)13-45)8-20(24)28(46)43-26-19-5-3-17(32(35,36)37)9-25(19)51-27(26)29(47)41-18-4-6-22(34)21(10-18)33(38,39)40/h2-10,15,23,45H,11-14H2,1H3,(H,41,47)(H,43,46). The predicted molar refractivity (Wildman–Crippen MR) is 171 cm³/mol. The Kier molecular flexibility index (Phi) is 9.41. The highest BCUT2D eigenvalue weighted by molar-refractivity contribution is 7.21. The summed E-state index contributed by atoms with van der Waals surface area (Å²) in [6.45, 7) is 0.655. The Morgan fingerprint density at radius 1 is 0.980 bits per heavy atom. The minimum atomic E-state index is -5.09. The van der Waals surface area contributed by atoms with Crippen molar-refractivity contribution in [1.29, 1.82) is 0 Å². The van der Waals surface area contributed by atoms with Crippen molar-refractivity contribution in [1.82, 2.24) is 4.90 Å². The number of nitrogens with one attached hydrogen (secondary N) is 2. The number of carbonyl (C=O) groups excluding carboxylic acids is 3. The van der Waals surface area contributed by atoms with Crippen molar-refractivity contribution < 1.29 is 59.7 Å². The van der Waals surface area contributed by atoms with Crippen LogP contribution in [0.2, 0.25) is 0 Å². The molecule has 4 aromatic rings. The molecule has 0 radical (unpaired) electrons. The largest absolute Gasteiger partial charge is 0.496 e. The fourth-order valence-corrected chi connectivity index (χ4v) is 6.59. The van der Waals surface area contributed by atoms with E-state index in [0.29, 0.717) is 36.6 Å². The number of ether oxygens (including phenoxy) is 2. The van der Waals surface area contributed by atoms with Crippen molar-refractivity contribution in [3.05, 3.63) is 87.5 Å². The Morgan fingerprint density at radius 2 is 1.73 bits per heavy atom. The highest BCUT2D eigenvalue weighted by atomic mass is 32.1. The number of methoxy groups -OCH3 is 1. The van der Waals surface area contributed by atoms with Gasteiger partial charge in [-0.1, -0.05) is 6.07 Å². The van der Waals surface area contributed by atoms with Gasteiger partial charge in [-0.15, -0.1) is 11.3 Å². The Balaban J connectivity index is 1.32. The van der Waals surface area contributed by atoms with Gasteiger partial charge in [0.1, 0.15) is 23.1 Å². The third kappa shape index (κ3) is 7.18. The molecule has 0 aliphatic carbocycles. The van der Waals surface area contributed by atoms with E-state index in [-0.39, 0.29) is 68.5 Å². The molecule has 10 nitrogen and oxygen atoms in total. The molecule has 3 heterocycles. The van der Waals surface area contributed by atoms with E-state index in [1.165, 1.54) is 30.2 Å². The maximum atomic E-state index is 13.9. The van der Waals surface area contributed by atoms with E-state index in [4.69, 9.17) is 9.47 Å². The van der Waals surface area contributed by atoms with Gasteiger partial charge in [0.05, 0.1) is 29.5 Å². The molecule has 0 spiro atoms. The first-order valence-corrected chi connectivity index (χ1v) is 15.8. The summed E-state index contributed by atoms with van der Waals surface area (Å²) in [5.74, 6) is -3.81. The molecule has 1 fully saturated rings. The highest BCUT2D eigenvalue weighted by Crippen LogP contribution is 2.41. The molecular weight excluding hydrogens is 713 g/mol. The number of aliphatic imine (C=N–C) groups is 1. The molecule has 6 rings (SSSR count). The number of likely N-dealkylation sites (tertiary alicyclic amines) is 1. The SMILES string of the molecule is COc1ccc(C2=NC(C(=O)N3CC(CO)C3)CO2)cc1C(=O)Nc1c(C(=O)Nc2ccc(F)c(C(F)(F)F)c2)sc2cc(C(F)(F)F)ccc12. The average molecular weight is 739 g/mol. The molecule has 2 aliphatic heterocycles. The van der Waals surface area contributed by atoms with Gasteiger partial charge in [0.2, 0.25) is 5.90 Å². The third-order valence-corrected chi connectivity index (χ3v) is 9.30. The van der Waals surface area contributed by atoms with Crippen molar-refractivity contribution in [2.24, 2.45) is 10.9 Å². The molecule has 1 unspecified atom stereocenters. The molecule has 1 aromatic heterocycles. The van der Waals surface area contributed by atoms with Crippen LogP contribution in [-0.2, 0) is 21.9 Å². The van der Waals surface area contributed by atoms with Crippen LogP contribution in [0.15, 0.2) is 59.6 Å². The fraction of sp³-hybridized carbons (Fsp3) is 0.273. The van der Waals surface area contributed by atoms with Crippen molar-refractivity contribution >= 4 is 56.4 Å². The number of anilines is 2. The lowest BCUT2D eigenvalue weighted by Gasteiger charge is -2.38. The molecule has 0 bridgehead atoms. The summed E-state index contributed by atoms with van der Waals surface area (Å²) < 4.78 is 105. The molecule has 51 heavy (non-hydrogen) atoms. The van der Waals surface area contributed by atoms with Crippen LogP contribution in [0.25, 0.3) is 10.1 Å². The minimum Gasteiger partial charge on any atom is -0.496 e. The number of halogens is 7. The van der Waals surface area contributed by atoms with Crippen LogP contribution >= 0.6 is 11.3 Å². The number of carbonyl (C=O) groups is 3. The highest BCUT2D eigenvalue weighted by Gasteiger charge is 2.38. The minimum absolute atomic E-state index is 0.00818. The molecule has 3 N–H and O–H groups in total. The van der Waals surface area contributed by atoms with Crippen LogP contribution in [0, 0.1) is 11.7 Å². The van der Waals surface area contributed by atoms with Crippen molar-refractivity contribution in [3.63, 3.8) is 0 Å². The number of rotatable bonds is 8. The lowest BCUT2D eigenvalue weighted by Crippen LogP contribution is -2.54. The van der Waals surface area contributed by atoms with E-state index in [2.05, 4.69) is 15.6 Å². The van der Waals surface area contributed by atoms with Crippen LogP contribution in [0.3, 0.4) is 0 Å². The van der Waals surface area contributed by atoms with E-state index in [9.17, 15) is 50.2 Å². The molecule has 1 saturated heterocycles.